The quantitative estimate of drug-likeness (QED) is 0.773. The van der Waals surface area contributed by atoms with Gasteiger partial charge in [-0.05, 0) is 31.4 Å². The molecule has 0 saturated carbocycles. The minimum Gasteiger partial charge on any atom is -0.487 e. The Bertz CT molecular complexity index is 348. The average molecular weight is 219 g/mol. The van der Waals surface area contributed by atoms with Crippen LogP contribution in [0, 0.1) is 5.92 Å². The van der Waals surface area contributed by atoms with E-state index < -0.39 is 0 Å². The van der Waals surface area contributed by atoms with Gasteiger partial charge in [0.2, 0.25) is 0 Å². The second kappa shape index (κ2) is 4.77. The molecule has 88 valence electrons. The molecule has 0 N–H and O–H groups in total. The average Bonchev–Trinajstić information content (AvgIpc) is 2.25. The predicted octanol–water partition coefficient (Wildman–Crippen LogP) is 3.32. The molecular weight excluding hydrogens is 198 g/mol. The Morgan fingerprint density at radius 3 is 2.88 bits per heavy atom. The van der Waals surface area contributed by atoms with Crippen LogP contribution in [0.4, 0.5) is 5.69 Å². The topological polar surface area (TPSA) is 12.5 Å². The van der Waals surface area contributed by atoms with Gasteiger partial charge in [0.25, 0.3) is 0 Å². The van der Waals surface area contributed by atoms with Crippen LogP contribution in [-0.4, -0.2) is 19.2 Å². The number of ether oxygens (including phenoxy) is 1. The van der Waals surface area contributed by atoms with Gasteiger partial charge >= 0.3 is 0 Å². The van der Waals surface area contributed by atoms with Crippen LogP contribution in [0.15, 0.2) is 24.3 Å². The normalized spacial score (nSPS) is 19.5. The van der Waals surface area contributed by atoms with Crippen molar-refractivity contribution >= 4 is 5.69 Å². The van der Waals surface area contributed by atoms with Crippen LogP contribution in [0.1, 0.15) is 27.2 Å². The molecular formula is C14H21NO. The molecule has 0 aliphatic carbocycles. The van der Waals surface area contributed by atoms with Gasteiger partial charge in [0.15, 0.2) is 0 Å². The molecule has 1 heterocycles. The van der Waals surface area contributed by atoms with Crippen LogP contribution >= 0.6 is 0 Å². The van der Waals surface area contributed by atoms with Crippen molar-refractivity contribution in [1.82, 2.24) is 0 Å². The summed E-state index contributed by atoms with van der Waals surface area (Å²) < 4.78 is 5.83. The molecule has 2 nitrogen and oxygen atoms in total. The smallest absolute Gasteiger partial charge is 0.143 e. The number of fused-ring (bicyclic) bond motifs is 1. The van der Waals surface area contributed by atoms with E-state index in [0.29, 0.717) is 6.10 Å². The Morgan fingerprint density at radius 1 is 1.38 bits per heavy atom. The number of benzene rings is 1. The van der Waals surface area contributed by atoms with E-state index in [1.54, 1.807) is 0 Å². The van der Waals surface area contributed by atoms with Crippen LogP contribution in [0.3, 0.4) is 0 Å². The molecule has 0 amide bonds. The number of hydrogen-bond donors (Lipinski definition) is 0. The maximum atomic E-state index is 5.83. The minimum atomic E-state index is 0.294. The zero-order chi connectivity index (χ0) is 11.5. The predicted molar refractivity (Wildman–Crippen MR) is 68.2 cm³/mol. The standard InChI is InChI=1S/C14H21NO/c1-11(2)8-9-15-10-12(3)16-14-7-5-4-6-13(14)15/h4-7,11-12H,8-10H2,1-3H3. The molecule has 0 saturated heterocycles. The summed E-state index contributed by atoms with van der Waals surface area (Å²) in [6, 6.07) is 8.34. The summed E-state index contributed by atoms with van der Waals surface area (Å²) in [6.07, 6.45) is 1.53. The second-order valence-electron chi connectivity index (χ2n) is 5.02. The van der Waals surface area contributed by atoms with Gasteiger partial charge in [-0.1, -0.05) is 26.0 Å². The van der Waals surface area contributed by atoms with E-state index in [1.165, 1.54) is 12.1 Å². The summed E-state index contributed by atoms with van der Waals surface area (Å²) in [5.41, 5.74) is 1.25. The third-order valence-corrected chi connectivity index (χ3v) is 2.99. The van der Waals surface area contributed by atoms with Crippen molar-refractivity contribution in [3.63, 3.8) is 0 Å². The van der Waals surface area contributed by atoms with E-state index in [2.05, 4.69) is 43.9 Å². The lowest BCUT2D eigenvalue weighted by molar-refractivity contribution is 0.212. The van der Waals surface area contributed by atoms with Gasteiger partial charge in [0.05, 0.1) is 12.2 Å². The molecule has 2 heteroatoms. The molecule has 0 radical (unpaired) electrons. The fourth-order valence-electron chi connectivity index (χ4n) is 2.11. The van der Waals surface area contributed by atoms with Crippen molar-refractivity contribution in [3.05, 3.63) is 24.3 Å². The molecule has 0 spiro atoms. The lowest BCUT2D eigenvalue weighted by Crippen LogP contribution is -2.39. The van der Waals surface area contributed by atoms with Gasteiger partial charge in [-0.3, -0.25) is 0 Å². The van der Waals surface area contributed by atoms with Crippen molar-refractivity contribution < 1.29 is 4.74 Å². The molecule has 0 aromatic heterocycles. The van der Waals surface area contributed by atoms with Crippen LogP contribution in [-0.2, 0) is 0 Å². The highest BCUT2D eigenvalue weighted by molar-refractivity contribution is 5.59. The molecule has 1 aliphatic rings. The Balaban J connectivity index is 2.13. The molecule has 1 atom stereocenters. The Kier molecular flexibility index (Phi) is 3.37. The zero-order valence-electron chi connectivity index (χ0n) is 10.4. The lowest BCUT2D eigenvalue weighted by atomic mass is 10.1. The van der Waals surface area contributed by atoms with Crippen molar-refractivity contribution in [2.24, 2.45) is 5.92 Å². The molecule has 16 heavy (non-hydrogen) atoms. The summed E-state index contributed by atoms with van der Waals surface area (Å²) >= 11 is 0. The monoisotopic (exact) mass is 219 g/mol. The molecule has 1 aliphatic heterocycles. The Morgan fingerprint density at radius 2 is 2.12 bits per heavy atom. The van der Waals surface area contributed by atoms with Crippen LogP contribution in [0.5, 0.6) is 5.75 Å². The fourth-order valence-corrected chi connectivity index (χ4v) is 2.11. The molecule has 2 rings (SSSR count). The van der Waals surface area contributed by atoms with E-state index in [4.69, 9.17) is 4.74 Å². The molecule has 0 bridgehead atoms. The SMILES string of the molecule is CC(C)CCN1CC(C)Oc2ccccc21. The van der Waals surface area contributed by atoms with Crippen molar-refractivity contribution in [2.45, 2.75) is 33.3 Å². The maximum absolute atomic E-state index is 5.83. The molecule has 1 unspecified atom stereocenters. The van der Waals surface area contributed by atoms with Gasteiger partial charge in [-0.15, -0.1) is 0 Å². The Labute approximate surface area is 98.2 Å². The summed E-state index contributed by atoms with van der Waals surface area (Å²) in [5, 5.41) is 0. The first-order valence-corrected chi connectivity index (χ1v) is 6.17. The van der Waals surface area contributed by atoms with Crippen molar-refractivity contribution in [3.8, 4) is 5.75 Å². The van der Waals surface area contributed by atoms with E-state index in [1.807, 2.05) is 6.07 Å². The van der Waals surface area contributed by atoms with Gasteiger partial charge in [0, 0.05) is 6.54 Å². The first-order chi connectivity index (χ1) is 7.66. The van der Waals surface area contributed by atoms with Crippen LogP contribution in [0.25, 0.3) is 0 Å². The molecule has 0 fully saturated rings. The summed E-state index contributed by atoms with van der Waals surface area (Å²) in [5.74, 6) is 1.79. The largest absolute Gasteiger partial charge is 0.487 e. The van der Waals surface area contributed by atoms with E-state index in [-0.39, 0.29) is 0 Å². The van der Waals surface area contributed by atoms with Gasteiger partial charge < -0.3 is 9.64 Å². The third-order valence-electron chi connectivity index (χ3n) is 2.99. The third kappa shape index (κ3) is 2.49. The molecule has 1 aromatic rings. The number of anilines is 1. The highest BCUT2D eigenvalue weighted by Crippen LogP contribution is 2.33. The van der Waals surface area contributed by atoms with Crippen molar-refractivity contribution in [2.75, 3.05) is 18.0 Å². The van der Waals surface area contributed by atoms with Gasteiger partial charge in [-0.2, -0.15) is 0 Å². The van der Waals surface area contributed by atoms with Crippen LogP contribution in [0.2, 0.25) is 0 Å². The maximum Gasteiger partial charge on any atom is 0.143 e. The summed E-state index contributed by atoms with van der Waals surface area (Å²) in [6.45, 7) is 8.82. The zero-order valence-corrected chi connectivity index (χ0v) is 10.4. The highest BCUT2D eigenvalue weighted by Gasteiger charge is 2.21. The van der Waals surface area contributed by atoms with E-state index >= 15 is 0 Å². The van der Waals surface area contributed by atoms with E-state index in [0.717, 1.165) is 24.8 Å². The number of rotatable bonds is 3. The number of para-hydroxylation sites is 2. The lowest BCUT2D eigenvalue weighted by Gasteiger charge is -2.35. The summed E-state index contributed by atoms with van der Waals surface area (Å²) in [4.78, 5) is 2.45. The fraction of sp³-hybridized carbons (Fsp3) is 0.571. The van der Waals surface area contributed by atoms with Crippen molar-refractivity contribution in [1.29, 1.82) is 0 Å². The second-order valence-corrected chi connectivity index (χ2v) is 5.02. The highest BCUT2D eigenvalue weighted by atomic mass is 16.5. The van der Waals surface area contributed by atoms with Gasteiger partial charge in [-0.25, -0.2) is 0 Å². The van der Waals surface area contributed by atoms with E-state index in [9.17, 15) is 0 Å². The minimum absolute atomic E-state index is 0.294. The Hall–Kier alpha value is -1.18. The van der Waals surface area contributed by atoms with Crippen LogP contribution < -0.4 is 9.64 Å². The molecule has 1 aromatic carbocycles. The first-order valence-electron chi connectivity index (χ1n) is 6.17. The number of nitrogens with zero attached hydrogens (tertiary/aromatic N) is 1. The first kappa shape index (κ1) is 11.3. The van der Waals surface area contributed by atoms with Gasteiger partial charge in [0.1, 0.15) is 11.9 Å². The summed E-state index contributed by atoms with van der Waals surface area (Å²) in [7, 11) is 0. The number of hydrogen-bond acceptors (Lipinski definition) is 2.